The average Bonchev–Trinajstić information content (AvgIpc) is 2.49. The summed E-state index contributed by atoms with van der Waals surface area (Å²) in [4.78, 5) is 0. The van der Waals surface area contributed by atoms with Gasteiger partial charge in [-0.3, -0.25) is 0 Å². The first kappa shape index (κ1) is 12.9. The highest BCUT2D eigenvalue weighted by molar-refractivity contribution is 5.35. The fourth-order valence-electron chi connectivity index (χ4n) is 3.99. The fourth-order valence-corrected chi connectivity index (χ4v) is 3.99. The van der Waals surface area contributed by atoms with E-state index in [0.29, 0.717) is 11.3 Å². The molecule has 1 aromatic rings. The fraction of sp³-hybridized carbons (Fsp3) is 0.625. The highest BCUT2D eigenvalue weighted by Gasteiger charge is 2.48. The Morgan fingerprint density at radius 3 is 2.21 bits per heavy atom. The van der Waals surface area contributed by atoms with E-state index in [-0.39, 0.29) is 11.2 Å². The van der Waals surface area contributed by atoms with Gasteiger partial charge in [0.2, 0.25) is 0 Å². The second-order valence-corrected chi connectivity index (χ2v) is 6.16. The lowest BCUT2D eigenvalue weighted by molar-refractivity contribution is 0.0832. The first-order chi connectivity index (χ1) is 9.13. The van der Waals surface area contributed by atoms with Gasteiger partial charge in [0.05, 0.1) is 7.11 Å². The monoisotopic (exact) mass is 263 g/mol. The van der Waals surface area contributed by atoms with E-state index < -0.39 is 0 Å². The van der Waals surface area contributed by atoms with Crippen molar-refractivity contribution in [2.24, 2.45) is 0 Å². The van der Waals surface area contributed by atoms with E-state index in [1.807, 2.05) is 0 Å². The Hall–Kier alpha value is -1.09. The molecule has 3 fully saturated rings. The molecule has 2 nitrogen and oxygen atoms in total. The van der Waals surface area contributed by atoms with Gasteiger partial charge in [-0.15, -0.1) is 0 Å². The molecule has 0 saturated heterocycles. The van der Waals surface area contributed by atoms with E-state index in [0.717, 1.165) is 5.56 Å². The minimum Gasteiger partial charge on any atom is -0.494 e. The predicted octanol–water partition coefficient (Wildman–Crippen LogP) is 3.40. The van der Waals surface area contributed by atoms with Gasteiger partial charge in [-0.1, -0.05) is 6.07 Å². The molecule has 0 atom stereocenters. The Labute approximate surface area is 114 Å². The number of hydrogen-bond acceptors (Lipinski definition) is 2. The summed E-state index contributed by atoms with van der Waals surface area (Å²) in [5.74, 6) is 0.113. The van der Waals surface area contributed by atoms with Gasteiger partial charge in [-0.2, -0.15) is 0 Å². The minimum absolute atomic E-state index is 0.200. The Morgan fingerprint density at radius 1 is 1.11 bits per heavy atom. The van der Waals surface area contributed by atoms with Crippen LogP contribution in [0.25, 0.3) is 0 Å². The average molecular weight is 263 g/mol. The zero-order valence-corrected chi connectivity index (χ0v) is 11.8. The van der Waals surface area contributed by atoms with Crippen LogP contribution in [0.15, 0.2) is 18.2 Å². The summed E-state index contributed by atoms with van der Waals surface area (Å²) in [7, 11) is 3.59. The molecular formula is C16H22FNO. The molecule has 2 bridgehead atoms. The number of halogens is 1. The molecule has 0 aromatic heterocycles. The van der Waals surface area contributed by atoms with Crippen LogP contribution < -0.4 is 10.1 Å². The van der Waals surface area contributed by atoms with Crippen LogP contribution in [0.4, 0.5) is 4.39 Å². The van der Waals surface area contributed by atoms with Gasteiger partial charge in [-0.05, 0) is 68.7 Å². The standard InChI is InChI=1S/C16H22FNO/c1-18-16-8-5-15(6-9-16,7-10-16)12-3-4-14(19-2)13(17)11-12/h3-4,11,18H,5-10H2,1-2H3. The summed E-state index contributed by atoms with van der Waals surface area (Å²) >= 11 is 0. The first-order valence-electron chi connectivity index (χ1n) is 7.16. The van der Waals surface area contributed by atoms with Gasteiger partial charge < -0.3 is 10.1 Å². The summed E-state index contributed by atoms with van der Waals surface area (Å²) in [5, 5.41) is 3.51. The number of benzene rings is 1. The first-order valence-corrected chi connectivity index (χ1v) is 7.16. The van der Waals surface area contributed by atoms with Crippen LogP contribution in [0.3, 0.4) is 0 Å². The van der Waals surface area contributed by atoms with Crippen molar-refractivity contribution >= 4 is 0 Å². The summed E-state index contributed by atoms with van der Waals surface area (Å²) in [6.45, 7) is 0. The molecule has 19 heavy (non-hydrogen) atoms. The third kappa shape index (κ3) is 1.95. The van der Waals surface area contributed by atoms with Crippen LogP contribution >= 0.6 is 0 Å². The second kappa shape index (κ2) is 4.48. The summed E-state index contributed by atoms with van der Waals surface area (Å²) in [6.07, 6.45) is 7.12. The molecule has 0 radical (unpaired) electrons. The maximum Gasteiger partial charge on any atom is 0.165 e. The van der Waals surface area contributed by atoms with Crippen molar-refractivity contribution < 1.29 is 9.13 Å². The van der Waals surface area contributed by atoms with E-state index in [1.54, 1.807) is 12.1 Å². The number of hydrogen-bond donors (Lipinski definition) is 1. The molecule has 3 aliphatic rings. The van der Waals surface area contributed by atoms with Gasteiger partial charge >= 0.3 is 0 Å². The molecule has 0 amide bonds. The van der Waals surface area contributed by atoms with Crippen LogP contribution in [0.1, 0.15) is 44.1 Å². The topological polar surface area (TPSA) is 21.3 Å². The summed E-state index contributed by atoms with van der Waals surface area (Å²) in [6, 6.07) is 5.52. The molecule has 4 rings (SSSR count). The van der Waals surface area contributed by atoms with Crippen molar-refractivity contribution in [2.45, 2.75) is 49.5 Å². The lowest BCUT2D eigenvalue weighted by atomic mass is 9.55. The van der Waals surface area contributed by atoms with Gasteiger partial charge in [0.1, 0.15) is 0 Å². The molecule has 3 aliphatic carbocycles. The molecule has 1 aromatic carbocycles. The van der Waals surface area contributed by atoms with Crippen molar-refractivity contribution in [3.63, 3.8) is 0 Å². The summed E-state index contributed by atoms with van der Waals surface area (Å²) < 4.78 is 18.9. The molecule has 3 heteroatoms. The Balaban J connectivity index is 1.89. The molecular weight excluding hydrogens is 241 g/mol. The van der Waals surface area contributed by atoms with Crippen molar-refractivity contribution in [1.82, 2.24) is 5.32 Å². The zero-order chi connectivity index (χ0) is 13.5. The quantitative estimate of drug-likeness (QED) is 0.902. The van der Waals surface area contributed by atoms with E-state index >= 15 is 0 Å². The Morgan fingerprint density at radius 2 is 1.74 bits per heavy atom. The molecule has 1 N–H and O–H groups in total. The maximum atomic E-state index is 13.9. The Bertz CT molecular complexity index is 461. The van der Waals surface area contributed by atoms with Crippen molar-refractivity contribution in [2.75, 3.05) is 14.2 Å². The highest BCUT2D eigenvalue weighted by atomic mass is 19.1. The van der Waals surface area contributed by atoms with E-state index in [1.165, 1.54) is 45.6 Å². The van der Waals surface area contributed by atoms with Gasteiger partial charge in [-0.25, -0.2) is 4.39 Å². The predicted molar refractivity (Wildman–Crippen MR) is 74.1 cm³/mol. The number of ether oxygens (including phenoxy) is 1. The highest BCUT2D eigenvalue weighted by Crippen LogP contribution is 2.53. The number of rotatable bonds is 3. The lowest BCUT2D eigenvalue weighted by Crippen LogP contribution is -2.54. The third-order valence-electron chi connectivity index (χ3n) is 5.54. The van der Waals surface area contributed by atoms with Crippen LogP contribution in [0.2, 0.25) is 0 Å². The van der Waals surface area contributed by atoms with E-state index in [2.05, 4.69) is 18.4 Å². The number of nitrogens with one attached hydrogen (secondary N) is 1. The van der Waals surface area contributed by atoms with Crippen LogP contribution in [-0.2, 0) is 5.41 Å². The molecule has 0 heterocycles. The SMILES string of the molecule is CNC12CCC(c3ccc(OC)c(F)c3)(CC1)CC2. The Kier molecular flexibility index (Phi) is 3.05. The molecule has 0 unspecified atom stereocenters. The van der Waals surface area contributed by atoms with Crippen LogP contribution in [0.5, 0.6) is 5.75 Å². The minimum atomic E-state index is -0.231. The number of methoxy groups -OCH3 is 1. The molecule has 0 aliphatic heterocycles. The molecule has 0 spiro atoms. The zero-order valence-electron chi connectivity index (χ0n) is 11.8. The second-order valence-electron chi connectivity index (χ2n) is 6.16. The maximum absolute atomic E-state index is 13.9. The largest absolute Gasteiger partial charge is 0.494 e. The smallest absolute Gasteiger partial charge is 0.165 e. The van der Waals surface area contributed by atoms with Gasteiger partial charge in [0.25, 0.3) is 0 Å². The van der Waals surface area contributed by atoms with Crippen molar-refractivity contribution in [3.8, 4) is 5.75 Å². The van der Waals surface area contributed by atoms with Crippen molar-refractivity contribution in [1.29, 1.82) is 0 Å². The number of fused-ring (bicyclic) bond motifs is 3. The normalized spacial score (nSPS) is 33.4. The summed E-state index contributed by atoms with van der Waals surface area (Å²) in [5.41, 5.74) is 1.72. The van der Waals surface area contributed by atoms with E-state index in [9.17, 15) is 4.39 Å². The van der Waals surface area contributed by atoms with Crippen LogP contribution in [0, 0.1) is 5.82 Å². The van der Waals surface area contributed by atoms with Crippen LogP contribution in [-0.4, -0.2) is 19.7 Å². The van der Waals surface area contributed by atoms with Gasteiger partial charge in [0, 0.05) is 5.54 Å². The molecule has 104 valence electrons. The third-order valence-corrected chi connectivity index (χ3v) is 5.54. The van der Waals surface area contributed by atoms with E-state index in [4.69, 9.17) is 4.74 Å². The lowest BCUT2D eigenvalue weighted by Gasteiger charge is -2.54. The van der Waals surface area contributed by atoms with Gasteiger partial charge in [0.15, 0.2) is 11.6 Å². The molecule has 3 saturated carbocycles. The van der Waals surface area contributed by atoms with Crippen molar-refractivity contribution in [3.05, 3.63) is 29.6 Å².